The van der Waals surface area contributed by atoms with Crippen LogP contribution in [-0.2, 0) is 9.53 Å². The highest BCUT2D eigenvalue weighted by atomic mass is 16.5. The molecule has 28 heavy (non-hydrogen) atoms. The molecule has 1 saturated carbocycles. The van der Waals surface area contributed by atoms with Gasteiger partial charge in [0.25, 0.3) is 5.91 Å². The molecular weight excluding hydrogens is 360 g/mol. The first-order valence-electron chi connectivity index (χ1n) is 9.98. The van der Waals surface area contributed by atoms with Crippen LogP contribution >= 0.6 is 0 Å². The monoisotopic (exact) mass is 390 g/mol. The molecule has 2 fully saturated rings. The minimum atomic E-state index is -0.815. The summed E-state index contributed by atoms with van der Waals surface area (Å²) >= 11 is 0. The van der Waals surface area contributed by atoms with Crippen LogP contribution in [0.3, 0.4) is 0 Å². The van der Waals surface area contributed by atoms with Crippen LogP contribution in [0.2, 0.25) is 0 Å². The zero-order valence-electron chi connectivity index (χ0n) is 16.8. The number of likely N-dealkylation sites (N-methyl/N-ethyl adjacent to an activating group) is 1. The van der Waals surface area contributed by atoms with Crippen LogP contribution in [0, 0.1) is 0 Å². The summed E-state index contributed by atoms with van der Waals surface area (Å²) in [5.41, 5.74) is 0.541. The number of carboxylic acid groups (broad SMARTS) is 1. The Hall–Kier alpha value is -2.19. The number of carbonyl (C=O) groups is 2. The number of anilines is 1. The first-order valence-corrected chi connectivity index (χ1v) is 9.98. The number of amides is 1. The molecule has 0 bridgehead atoms. The Bertz CT molecular complexity index is 680. The molecule has 1 aromatic rings. The van der Waals surface area contributed by atoms with Crippen molar-refractivity contribution in [1.82, 2.24) is 15.2 Å². The van der Waals surface area contributed by atoms with Crippen molar-refractivity contribution in [2.75, 3.05) is 31.1 Å². The van der Waals surface area contributed by atoms with Gasteiger partial charge in [-0.15, -0.1) is 0 Å². The minimum absolute atomic E-state index is 0.0476. The summed E-state index contributed by atoms with van der Waals surface area (Å²) in [5.74, 6) is -0.0911. The lowest BCUT2D eigenvalue weighted by molar-refractivity contribution is -0.139. The summed E-state index contributed by atoms with van der Waals surface area (Å²) in [6, 6.07) is 3.99. The molecule has 1 amide bonds. The molecular formula is C20H30N4O4. The van der Waals surface area contributed by atoms with Crippen molar-refractivity contribution in [1.29, 1.82) is 0 Å². The molecule has 1 saturated heterocycles. The molecule has 2 heterocycles. The third-order valence-electron chi connectivity index (χ3n) is 5.46. The fourth-order valence-corrected chi connectivity index (χ4v) is 4.02. The second-order valence-electron chi connectivity index (χ2n) is 7.82. The maximum Gasteiger partial charge on any atom is 0.317 e. The third kappa shape index (κ3) is 4.99. The second-order valence-corrected chi connectivity index (χ2v) is 7.82. The zero-order valence-corrected chi connectivity index (χ0v) is 16.8. The Kier molecular flexibility index (Phi) is 6.51. The van der Waals surface area contributed by atoms with E-state index < -0.39 is 5.97 Å². The van der Waals surface area contributed by atoms with E-state index in [0.717, 1.165) is 31.7 Å². The molecule has 1 aromatic heterocycles. The standard InChI is InChI=1S/C20H30N4O4/c1-4-23(12-19(25)26)17-7-16(8-17)22-20(27)15-5-6-18(21-9-15)24-10-13(2)28-14(3)11-24/h5-6,9,13-14,16-17H,4,7-8,10-12H2,1-3H3,(H,22,27)(H,25,26). The molecule has 8 heteroatoms. The molecule has 0 aromatic carbocycles. The van der Waals surface area contributed by atoms with Gasteiger partial charge in [0.05, 0.1) is 24.3 Å². The van der Waals surface area contributed by atoms with Gasteiger partial charge in [0, 0.05) is 31.4 Å². The average Bonchev–Trinajstić information content (AvgIpc) is 2.61. The lowest BCUT2D eigenvalue weighted by Gasteiger charge is -2.42. The van der Waals surface area contributed by atoms with Crippen molar-refractivity contribution in [3.8, 4) is 0 Å². The number of nitrogens with zero attached hydrogens (tertiary/aromatic N) is 3. The largest absolute Gasteiger partial charge is 0.480 e. The third-order valence-corrected chi connectivity index (χ3v) is 5.46. The molecule has 2 aliphatic rings. The van der Waals surface area contributed by atoms with Gasteiger partial charge < -0.3 is 20.1 Å². The highest BCUT2D eigenvalue weighted by molar-refractivity contribution is 5.94. The number of pyridine rings is 1. The lowest BCUT2D eigenvalue weighted by atomic mass is 9.85. The summed E-state index contributed by atoms with van der Waals surface area (Å²) in [6.45, 7) is 8.37. The molecule has 2 unspecified atom stereocenters. The Morgan fingerprint density at radius 1 is 1.29 bits per heavy atom. The van der Waals surface area contributed by atoms with Gasteiger partial charge in [-0.1, -0.05) is 6.92 Å². The molecule has 0 radical (unpaired) electrons. The zero-order chi connectivity index (χ0) is 20.3. The van der Waals surface area contributed by atoms with Crippen LogP contribution in [0.5, 0.6) is 0 Å². The van der Waals surface area contributed by atoms with Gasteiger partial charge in [-0.2, -0.15) is 0 Å². The van der Waals surface area contributed by atoms with Gasteiger partial charge in [-0.05, 0) is 45.4 Å². The van der Waals surface area contributed by atoms with E-state index in [9.17, 15) is 9.59 Å². The Morgan fingerprint density at radius 2 is 1.96 bits per heavy atom. The van der Waals surface area contributed by atoms with Crippen LogP contribution in [0.4, 0.5) is 5.82 Å². The Labute approximate surface area is 165 Å². The number of hydrogen-bond donors (Lipinski definition) is 2. The number of ether oxygens (including phenoxy) is 1. The fraction of sp³-hybridized carbons (Fsp3) is 0.650. The molecule has 8 nitrogen and oxygen atoms in total. The number of carbonyl (C=O) groups excluding carboxylic acids is 1. The smallest absolute Gasteiger partial charge is 0.317 e. The number of rotatable bonds is 7. The van der Waals surface area contributed by atoms with E-state index >= 15 is 0 Å². The fourth-order valence-electron chi connectivity index (χ4n) is 4.02. The number of aromatic nitrogens is 1. The molecule has 3 rings (SSSR count). The highest BCUT2D eigenvalue weighted by Crippen LogP contribution is 2.26. The number of carboxylic acids is 1. The van der Waals surface area contributed by atoms with Crippen molar-refractivity contribution in [3.05, 3.63) is 23.9 Å². The summed E-state index contributed by atoms with van der Waals surface area (Å²) in [6.07, 6.45) is 3.49. The highest BCUT2D eigenvalue weighted by Gasteiger charge is 2.34. The van der Waals surface area contributed by atoms with Crippen molar-refractivity contribution in [2.45, 2.75) is 57.9 Å². The van der Waals surface area contributed by atoms with Gasteiger partial charge in [-0.25, -0.2) is 4.98 Å². The SMILES string of the molecule is CCN(CC(=O)O)C1CC(NC(=O)c2ccc(N3CC(C)OC(C)C3)nc2)C1. The van der Waals surface area contributed by atoms with Gasteiger partial charge in [-0.3, -0.25) is 14.5 Å². The average molecular weight is 390 g/mol. The van der Waals surface area contributed by atoms with Crippen molar-refractivity contribution >= 4 is 17.7 Å². The van der Waals surface area contributed by atoms with Crippen molar-refractivity contribution in [3.63, 3.8) is 0 Å². The number of hydrogen-bond acceptors (Lipinski definition) is 6. The summed E-state index contributed by atoms with van der Waals surface area (Å²) in [5, 5.41) is 12.0. The number of aliphatic carboxylic acids is 1. The van der Waals surface area contributed by atoms with Crippen LogP contribution < -0.4 is 10.2 Å². The van der Waals surface area contributed by atoms with Crippen molar-refractivity contribution in [2.24, 2.45) is 0 Å². The summed E-state index contributed by atoms with van der Waals surface area (Å²) < 4.78 is 5.75. The topological polar surface area (TPSA) is 95.0 Å². The predicted octanol–water partition coefficient (Wildman–Crippen LogP) is 1.36. The van der Waals surface area contributed by atoms with Crippen LogP contribution in [-0.4, -0.2) is 77.3 Å². The van der Waals surface area contributed by atoms with Crippen molar-refractivity contribution < 1.29 is 19.4 Å². The molecule has 0 spiro atoms. The van der Waals surface area contributed by atoms with E-state index in [0.29, 0.717) is 12.1 Å². The second kappa shape index (κ2) is 8.87. The minimum Gasteiger partial charge on any atom is -0.480 e. The van der Waals surface area contributed by atoms with Crippen LogP contribution in [0.15, 0.2) is 18.3 Å². The maximum absolute atomic E-state index is 12.5. The summed E-state index contributed by atoms with van der Waals surface area (Å²) in [4.78, 5) is 32.0. The molecule has 1 aliphatic carbocycles. The van der Waals surface area contributed by atoms with Crippen LogP contribution in [0.1, 0.15) is 44.0 Å². The molecule has 1 aliphatic heterocycles. The first-order chi connectivity index (χ1) is 13.4. The van der Waals surface area contributed by atoms with E-state index in [-0.39, 0.29) is 36.7 Å². The predicted molar refractivity (Wildman–Crippen MR) is 106 cm³/mol. The molecule has 2 atom stereocenters. The van der Waals surface area contributed by atoms with Gasteiger partial charge >= 0.3 is 5.97 Å². The molecule has 2 N–H and O–H groups in total. The number of morpholine rings is 1. The van der Waals surface area contributed by atoms with Gasteiger partial charge in [0.1, 0.15) is 5.82 Å². The Morgan fingerprint density at radius 3 is 2.50 bits per heavy atom. The van der Waals surface area contributed by atoms with Gasteiger partial charge in [0.2, 0.25) is 0 Å². The summed E-state index contributed by atoms with van der Waals surface area (Å²) in [7, 11) is 0. The van der Waals surface area contributed by atoms with E-state index in [4.69, 9.17) is 9.84 Å². The quantitative estimate of drug-likeness (QED) is 0.726. The normalized spacial score (nSPS) is 27.4. The first kappa shape index (κ1) is 20.5. The lowest BCUT2D eigenvalue weighted by Crippen LogP contribution is -2.54. The Balaban J connectivity index is 1.50. The maximum atomic E-state index is 12.5. The van der Waals surface area contributed by atoms with Crippen LogP contribution in [0.25, 0.3) is 0 Å². The van der Waals surface area contributed by atoms with E-state index in [1.165, 1.54) is 0 Å². The number of nitrogens with one attached hydrogen (secondary N) is 1. The molecule has 154 valence electrons. The van der Waals surface area contributed by atoms with Gasteiger partial charge in [0.15, 0.2) is 0 Å². The van der Waals surface area contributed by atoms with E-state index in [2.05, 4.69) is 15.2 Å². The van der Waals surface area contributed by atoms with E-state index in [1.807, 2.05) is 31.7 Å². The van der Waals surface area contributed by atoms with E-state index in [1.54, 1.807) is 12.3 Å².